The van der Waals surface area contributed by atoms with E-state index >= 15 is 0 Å². The summed E-state index contributed by atoms with van der Waals surface area (Å²) in [5, 5.41) is 9.98. The Bertz CT molecular complexity index is 926. The molecule has 0 fully saturated rings. The van der Waals surface area contributed by atoms with Gasteiger partial charge < -0.3 is 9.67 Å². The summed E-state index contributed by atoms with van der Waals surface area (Å²) in [5.41, 5.74) is 0.0562. The van der Waals surface area contributed by atoms with Gasteiger partial charge in [0, 0.05) is 5.02 Å². The van der Waals surface area contributed by atoms with Crippen LogP contribution in [0.4, 0.5) is 13.2 Å². The van der Waals surface area contributed by atoms with E-state index in [1.54, 1.807) is 42.9 Å². The molecule has 0 aliphatic carbocycles. The van der Waals surface area contributed by atoms with Crippen LogP contribution in [0.1, 0.15) is 19.4 Å². The molecule has 3 nitrogen and oxygen atoms in total. The van der Waals surface area contributed by atoms with Gasteiger partial charge in [-0.1, -0.05) is 23.7 Å². The van der Waals surface area contributed by atoms with Crippen LogP contribution in [-0.4, -0.2) is 20.3 Å². The lowest BCUT2D eigenvalue weighted by Crippen LogP contribution is -2.25. The summed E-state index contributed by atoms with van der Waals surface area (Å²) in [5.74, 6) is 0. The van der Waals surface area contributed by atoms with Crippen LogP contribution >= 0.6 is 11.6 Å². The highest BCUT2D eigenvalue weighted by Crippen LogP contribution is 2.39. The molecule has 1 N–H and O–H groups in total. The van der Waals surface area contributed by atoms with Gasteiger partial charge >= 0.3 is 6.18 Å². The van der Waals surface area contributed by atoms with Gasteiger partial charge in [0.25, 0.3) is 0 Å². The Balaban J connectivity index is 2.10. The van der Waals surface area contributed by atoms with Crippen molar-refractivity contribution >= 4 is 22.6 Å². The highest BCUT2D eigenvalue weighted by Gasteiger charge is 2.34. The molecule has 0 saturated carbocycles. The molecule has 0 bridgehead atoms. The third-order valence-electron chi connectivity index (χ3n) is 3.78. The number of hydrogen-bond acceptors (Lipinski definition) is 2. The zero-order valence-corrected chi connectivity index (χ0v) is 14.4. The maximum Gasteiger partial charge on any atom is 0.417 e. The molecular formula is C18H16ClF3N2O. The third kappa shape index (κ3) is 3.80. The summed E-state index contributed by atoms with van der Waals surface area (Å²) < 4.78 is 41.7. The average Bonchev–Trinajstić information content (AvgIpc) is 2.86. The van der Waals surface area contributed by atoms with Crippen molar-refractivity contribution in [2.45, 2.75) is 32.2 Å². The molecule has 7 heteroatoms. The first-order chi connectivity index (χ1) is 11.5. The topological polar surface area (TPSA) is 38.0 Å². The van der Waals surface area contributed by atoms with E-state index in [-0.39, 0.29) is 10.6 Å². The molecule has 0 aliphatic heterocycles. The maximum absolute atomic E-state index is 13.3. The fraction of sp³-hybridized carbons (Fsp3) is 0.278. The number of aliphatic hydroxyl groups is 1. The van der Waals surface area contributed by atoms with Crippen molar-refractivity contribution < 1.29 is 18.3 Å². The molecule has 1 aromatic heterocycles. The Morgan fingerprint density at radius 3 is 2.48 bits per heavy atom. The monoisotopic (exact) mass is 368 g/mol. The van der Waals surface area contributed by atoms with Crippen LogP contribution in [0.5, 0.6) is 0 Å². The first-order valence-electron chi connectivity index (χ1n) is 7.59. The van der Waals surface area contributed by atoms with Gasteiger partial charge in [-0.3, -0.25) is 0 Å². The van der Waals surface area contributed by atoms with Gasteiger partial charge in [-0.2, -0.15) is 13.2 Å². The van der Waals surface area contributed by atoms with E-state index in [0.717, 1.165) is 11.6 Å². The van der Waals surface area contributed by atoms with E-state index in [1.165, 1.54) is 12.1 Å². The first kappa shape index (κ1) is 17.8. The number of fused-ring (bicyclic) bond motifs is 1. The zero-order chi connectivity index (χ0) is 18.4. The first-order valence-corrected chi connectivity index (χ1v) is 7.97. The van der Waals surface area contributed by atoms with Gasteiger partial charge in [-0.25, -0.2) is 4.98 Å². The summed E-state index contributed by atoms with van der Waals surface area (Å²) in [7, 11) is 0. The van der Waals surface area contributed by atoms with Gasteiger partial charge in [-0.15, -0.1) is 0 Å². The molecule has 132 valence electrons. The smallest absolute Gasteiger partial charge is 0.389 e. The number of halogens is 4. The third-order valence-corrected chi connectivity index (χ3v) is 4.01. The van der Waals surface area contributed by atoms with E-state index in [1.807, 2.05) is 0 Å². The van der Waals surface area contributed by atoms with Crippen molar-refractivity contribution in [3.8, 4) is 11.1 Å². The Morgan fingerprint density at radius 2 is 1.84 bits per heavy atom. The van der Waals surface area contributed by atoms with Crippen LogP contribution in [0, 0.1) is 0 Å². The fourth-order valence-corrected chi connectivity index (χ4v) is 2.95. The Morgan fingerprint density at radius 1 is 1.12 bits per heavy atom. The predicted molar refractivity (Wildman–Crippen MR) is 91.5 cm³/mol. The van der Waals surface area contributed by atoms with Crippen LogP contribution in [0.15, 0.2) is 42.7 Å². The number of imidazole rings is 1. The van der Waals surface area contributed by atoms with E-state index in [9.17, 15) is 18.3 Å². The quantitative estimate of drug-likeness (QED) is 0.694. The zero-order valence-electron chi connectivity index (χ0n) is 13.6. The summed E-state index contributed by atoms with van der Waals surface area (Å²) in [4.78, 5) is 4.24. The van der Waals surface area contributed by atoms with Crippen molar-refractivity contribution in [1.29, 1.82) is 0 Å². The second kappa shape index (κ2) is 6.04. The number of rotatable bonds is 3. The average molecular weight is 369 g/mol. The second-order valence-corrected chi connectivity index (χ2v) is 7.01. The van der Waals surface area contributed by atoms with Gasteiger partial charge in [0.15, 0.2) is 0 Å². The van der Waals surface area contributed by atoms with E-state index < -0.39 is 17.3 Å². The molecule has 0 aliphatic rings. The normalized spacial score (nSPS) is 12.8. The van der Waals surface area contributed by atoms with Gasteiger partial charge in [0.1, 0.15) is 0 Å². The minimum atomic E-state index is -4.50. The lowest BCUT2D eigenvalue weighted by atomic mass is 9.99. The molecule has 3 rings (SSSR count). The van der Waals surface area contributed by atoms with Crippen LogP contribution in [0.3, 0.4) is 0 Å². The molecule has 0 saturated heterocycles. The molecule has 2 aromatic carbocycles. The summed E-state index contributed by atoms with van der Waals surface area (Å²) >= 11 is 5.73. The molecule has 3 aromatic rings. The SMILES string of the molecule is CC(C)(O)Cn1cnc2cc(-c3ccc(Cl)cc3C(F)(F)F)ccc21. The predicted octanol–water partition coefficient (Wildman–Crippen LogP) is 5.15. The van der Waals surface area contributed by atoms with Crippen LogP contribution in [0.25, 0.3) is 22.2 Å². The van der Waals surface area contributed by atoms with Crippen molar-refractivity contribution in [3.63, 3.8) is 0 Å². The second-order valence-electron chi connectivity index (χ2n) is 6.58. The standard InChI is InChI=1S/C18H16ClF3N2O/c1-17(2,25)9-24-10-23-15-7-11(3-6-16(15)24)13-5-4-12(19)8-14(13)18(20,21)22/h3-8,10,25H,9H2,1-2H3. The molecule has 1 heterocycles. The minimum absolute atomic E-state index is 0.0339. The van der Waals surface area contributed by atoms with Gasteiger partial charge in [0.05, 0.1) is 35.1 Å². The lowest BCUT2D eigenvalue weighted by molar-refractivity contribution is -0.137. The van der Waals surface area contributed by atoms with Crippen molar-refractivity contribution in [2.75, 3.05) is 0 Å². The summed E-state index contributed by atoms with van der Waals surface area (Å²) in [6, 6.07) is 8.65. The van der Waals surface area contributed by atoms with E-state index in [0.29, 0.717) is 17.6 Å². The molecule has 0 amide bonds. The van der Waals surface area contributed by atoms with Crippen LogP contribution in [0.2, 0.25) is 5.02 Å². The molecule has 0 atom stereocenters. The number of alkyl halides is 3. The highest BCUT2D eigenvalue weighted by atomic mass is 35.5. The van der Waals surface area contributed by atoms with Crippen LogP contribution < -0.4 is 0 Å². The molecular weight excluding hydrogens is 353 g/mol. The molecule has 0 radical (unpaired) electrons. The fourth-order valence-electron chi connectivity index (χ4n) is 2.78. The summed E-state index contributed by atoms with van der Waals surface area (Å²) in [6.45, 7) is 3.69. The maximum atomic E-state index is 13.3. The molecule has 0 unspecified atom stereocenters. The number of hydrogen-bond donors (Lipinski definition) is 1. The number of benzene rings is 2. The number of aromatic nitrogens is 2. The Hall–Kier alpha value is -2.05. The van der Waals surface area contributed by atoms with Crippen molar-refractivity contribution in [3.05, 3.63) is 53.3 Å². The summed E-state index contributed by atoms with van der Waals surface area (Å²) in [6.07, 6.45) is -2.94. The Labute approximate surface area is 147 Å². The van der Waals surface area contributed by atoms with Crippen LogP contribution in [-0.2, 0) is 12.7 Å². The van der Waals surface area contributed by atoms with Crippen molar-refractivity contribution in [1.82, 2.24) is 9.55 Å². The molecule has 25 heavy (non-hydrogen) atoms. The molecule has 0 spiro atoms. The largest absolute Gasteiger partial charge is 0.417 e. The lowest BCUT2D eigenvalue weighted by Gasteiger charge is -2.18. The number of nitrogens with zero attached hydrogens (tertiary/aromatic N) is 2. The van der Waals surface area contributed by atoms with Crippen molar-refractivity contribution in [2.24, 2.45) is 0 Å². The van der Waals surface area contributed by atoms with Gasteiger partial charge in [0.2, 0.25) is 0 Å². The highest BCUT2D eigenvalue weighted by molar-refractivity contribution is 6.30. The van der Waals surface area contributed by atoms with Gasteiger partial charge in [-0.05, 0) is 49.2 Å². The van der Waals surface area contributed by atoms with E-state index in [4.69, 9.17) is 11.6 Å². The van der Waals surface area contributed by atoms with E-state index in [2.05, 4.69) is 4.98 Å². The Kier molecular flexibility index (Phi) is 4.29. The minimum Gasteiger partial charge on any atom is -0.389 e.